The number of anilines is 1. The summed E-state index contributed by atoms with van der Waals surface area (Å²) in [5, 5.41) is 5.18. The molecule has 0 atom stereocenters. The molecule has 1 aromatic heterocycles. The summed E-state index contributed by atoms with van der Waals surface area (Å²) in [6.45, 7) is 4.75. The van der Waals surface area contributed by atoms with Crippen LogP contribution in [0.15, 0.2) is 65.6 Å². The van der Waals surface area contributed by atoms with E-state index in [9.17, 15) is 13.2 Å². The van der Waals surface area contributed by atoms with Crippen molar-refractivity contribution < 1.29 is 13.2 Å². The minimum atomic E-state index is -3.88. The number of hydrogen-bond acceptors (Lipinski definition) is 3. The van der Waals surface area contributed by atoms with Gasteiger partial charge in [-0.2, -0.15) is 0 Å². The number of carbonyl (C=O) groups is 1. The largest absolute Gasteiger partial charge is 0.349 e. The third kappa shape index (κ3) is 4.52. The Labute approximate surface area is 206 Å². The topological polar surface area (TPSA) is 80.2 Å². The normalized spacial score (nSPS) is 14.9. The monoisotopic (exact) mass is 489 g/mol. The molecule has 7 heteroatoms. The van der Waals surface area contributed by atoms with Crippen LogP contribution in [0.25, 0.3) is 21.8 Å². The number of hydrogen-bond donors (Lipinski definition) is 2. The lowest BCUT2D eigenvalue weighted by atomic mass is 9.95. The van der Waals surface area contributed by atoms with Gasteiger partial charge in [-0.3, -0.25) is 9.52 Å². The molecule has 3 aromatic carbocycles. The smallest absolute Gasteiger partial charge is 0.261 e. The van der Waals surface area contributed by atoms with E-state index in [1.165, 1.54) is 12.5 Å². The molecule has 0 radical (unpaired) electrons. The quantitative estimate of drug-likeness (QED) is 0.349. The fraction of sp³-hybridized carbons (Fsp3) is 0.321. The first-order valence-electron chi connectivity index (χ1n) is 12.3. The second-order valence-electron chi connectivity index (χ2n) is 9.38. The number of fused-ring (bicyclic) bond motifs is 3. The van der Waals surface area contributed by atoms with E-state index in [2.05, 4.69) is 33.7 Å². The SMILES string of the molecule is CCn1c2ccccc2c2cc(NS(=O)(=O)c3ccc(C)c(C(=O)NC4CCCCC4)c3)ccc21. The maximum Gasteiger partial charge on any atom is 0.261 e. The number of nitrogens with zero attached hydrogens (tertiary/aromatic N) is 1. The van der Waals surface area contributed by atoms with Crippen molar-refractivity contribution in [3.63, 3.8) is 0 Å². The van der Waals surface area contributed by atoms with E-state index in [-0.39, 0.29) is 16.8 Å². The van der Waals surface area contributed by atoms with Crippen LogP contribution in [-0.2, 0) is 16.6 Å². The minimum Gasteiger partial charge on any atom is -0.349 e. The van der Waals surface area contributed by atoms with Gasteiger partial charge in [-0.25, -0.2) is 8.42 Å². The average molecular weight is 490 g/mol. The van der Waals surface area contributed by atoms with Crippen LogP contribution in [0.2, 0.25) is 0 Å². The van der Waals surface area contributed by atoms with Gasteiger partial charge in [0.25, 0.3) is 15.9 Å². The number of rotatable bonds is 6. The molecule has 0 saturated heterocycles. The molecule has 1 fully saturated rings. The number of carbonyl (C=O) groups excluding carboxylic acids is 1. The Bertz CT molecular complexity index is 1520. The third-order valence-electron chi connectivity index (χ3n) is 7.05. The summed E-state index contributed by atoms with van der Waals surface area (Å²) in [6, 6.07) is 18.6. The highest BCUT2D eigenvalue weighted by Crippen LogP contribution is 2.32. The zero-order chi connectivity index (χ0) is 24.6. The maximum absolute atomic E-state index is 13.3. The van der Waals surface area contributed by atoms with E-state index < -0.39 is 10.0 Å². The number of sulfonamides is 1. The van der Waals surface area contributed by atoms with E-state index in [4.69, 9.17) is 0 Å². The zero-order valence-electron chi connectivity index (χ0n) is 20.2. The van der Waals surface area contributed by atoms with E-state index in [0.29, 0.717) is 11.3 Å². The summed E-state index contributed by atoms with van der Waals surface area (Å²) < 4.78 is 31.5. The lowest BCUT2D eigenvalue weighted by molar-refractivity contribution is 0.0927. The molecule has 5 rings (SSSR count). The Morgan fingerprint density at radius 2 is 1.69 bits per heavy atom. The Morgan fingerprint density at radius 1 is 0.943 bits per heavy atom. The molecule has 1 aliphatic carbocycles. The lowest BCUT2D eigenvalue weighted by Gasteiger charge is -2.23. The number of aromatic nitrogens is 1. The van der Waals surface area contributed by atoms with Crippen LogP contribution >= 0.6 is 0 Å². The summed E-state index contributed by atoms with van der Waals surface area (Å²) >= 11 is 0. The van der Waals surface area contributed by atoms with Gasteiger partial charge in [0, 0.05) is 45.6 Å². The van der Waals surface area contributed by atoms with Crippen molar-refractivity contribution in [2.45, 2.75) is 63.4 Å². The van der Waals surface area contributed by atoms with Crippen molar-refractivity contribution in [1.82, 2.24) is 9.88 Å². The number of aryl methyl sites for hydroxylation is 2. The van der Waals surface area contributed by atoms with Crippen molar-refractivity contribution in [2.75, 3.05) is 4.72 Å². The summed E-state index contributed by atoms with van der Waals surface area (Å²) in [6.07, 6.45) is 5.38. The molecule has 182 valence electrons. The van der Waals surface area contributed by atoms with E-state index in [1.807, 2.05) is 31.2 Å². The van der Waals surface area contributed by atoms with E-state index in [0.717, 1.165) is 59.6 Å². The van der Waals surface area contributed by atoms with Crippen LogP contribution in [0, 0.1) is 6.92 Å². The summed E-state index contributed by atoms with van der Waals surface area (Å²) in [4.78, 5) is 13.0. The van der Waals surface area contributed by atoms with Gasteiger partial charge in [-0.15, -0.1) is 0 Å². The van der Waals surface area contributed by atoms with Gasteiger partial charge in [0.1, 0.15) is 0 Å². The van der Waals surface area contributed by atoms with Crippen LogP contribution in [0.4, 0.5) is 5.69 Å². The predicted molar refractivity (Wildman–Crippen MR) is 141 cm³/mol. The molecule has 1 heterocycles. The molecular weight excluding hydrogens is 458 g/mol. The van der Waals surface area contributed by atoms with Crippen LogP contribution in [-0.4, -0.2) is 24.9 Å². The fourth-order valence-corrected chi connectivity index (χ4v) is 6.27. The Hall–Kier alpha value is -3.32. The Morgan fingerprint density at radius 3 is 2.46 bits per heavy atom. The number of para-hydroxylation sites is 1. The van der Waals surface area contributed by atoms with Crippen molar-refractivity contribution >= 4 is 43.4 Å². The van der Waals surface area contributed by atoms with Gasteiger partial charge >= 0.3 is 0 Å². The van der Waals surface area contributed by atoms with Crippen molar-refractivity contribution in [3.8, 4) is 0 Å². The molecular formula is C28H31N3O3S. The zero-order valence-corrected chi connectivity index (χ0v) is 21.0. The average Bonchev–Trinajstić information content (AvgIpc) is 3.17. The molecule has 35 heavy (non-hydrogen) atoms. The molecule has 1 saturated carbocycles. The first-order valence-corrected chi connectivity index (χ1v) is 13.8. The summed E-state index contributed by atoms with van der Waals surface area (Å²) in [5.74, 6) is -0.208. The van der Waals surface area contributed by atoms with Crippen LogP contribution in [0.1, 0.15) is 54.9 Å². The number of nitrogens with one attached hydrogen (secondary N) is 2. The van der Waals surface area contributed by atoms with Gasteiger partial charge in [0.15, 0.2) is 0 Å². The molecule has 0 spiro atoms. The minimum absolute atomic E-state index is 0.0768. The first-order chi connectivity index (χ1) is 16.9. The first kappa shape index (κ1) is 23.4. The molecule has 6 nitrogen and oxygen atoms in total. The van der Waals surface area contributed by atoms with Gasteiger partial charge in [0.05, 0.1) is 4.90 Å². The predicted octanol–water partition coefficient (Wildman–Crippen LogP) is 5.99. The highest BCUT2D eigenvalue weighted by Gasteiger charge is 2.21. The molecule has 0 unspecified atom stereocenters. The second kappa shape index (κ2) is 9.38. The van der Waals surface area contributed by atoms with Gasteiger partial charge in [-0.05, 0) is 68.7 Å². The molecule has 0 bridgehead atoms. The lowest BCUT2D eigenvalue weighted by Crippen LogP contribution is -2.36. The second-order valence-corrected chi connectivity index (χ2v) is 11.1. The van der Waals surface area contributed by atoms with Crippen molar-refractivity contribution in [1.29, 1.82) is 0 Å². The standard InChI is InChI=1S/C28H31N3O3S/c1-3-31-26-12-8-7-11-23(26)25-17-21(14-16-27(25)31)30-35(33,34)22-15-13-19(2)24(18-22)28(32)29-20-9-5-4-6-10-20/h7-8,11-18,20,30H,3-6,9-10H2,1-2H3,(H,29,32). The fourth-order valence-electron chi connectivity index (χ4n) is 5.19. The highest BCUT2D eigenvalue weighted by molar-refractivity contribution is 7.92. The molecule has 4 aromatic rings. The number of amides is 1. The van der Waals surface area contributed by atoms with Crippen molar-refractivity contribution in [3.05, 3.63) is 71.8 Å². The molecule has 0 aliphatic heterocycles. The molecule has 2 N–H and O–H groups in total. The van der Waals surface area contributed by atoms with Crippen molar-refractivity contribution in [2.24, 2.45) is 0 Å². The van der Waals surface area contributed by atoms with Crippen LogP contribution < -0.4 is 10.0 Å². The summed E-state index contributed by atoms with van der Waals surface area (Å²) in [5.41, 5.74) is 3.84. The van der Waals surface area contributed by atoms with Crippen LogP contribution in [0.3, 0.4) is 0 Å². The van der Waals surface area contributed by atoms with E-state index in [1.54, 1.807) is 18.2 Å². The third-order valence-corrected chi connectivity index (χ3v) is 8.42. The number of benzene rings is 3. The van der Waals surface area contributed by atoms with Crippen LogP contribution in [0.5, 0.6) is 0 Å². The maximum atomic E-state index is 13.3. The molecule has 1 amide bonds. The molecule has 1 aliphatic rings. The summed E-state index contributed by atoms with van der Waals surface area (Å²) in [7, 11) is -3.88. The van der Waals surface area contributed by atoms with Gasteiger partial charge in [0.2, 0.25) is 0 Å². The Kier molecular flexibility index (Phi) is 6.28. The van der Waals surface area contributed by atoms with Gasteiger partial charge in [-0.1, -0.05) is 43.5 Å². The van der Waals surface area contributed by atoms with Gasteiger partial charge < -0.3 is 9.88 Å². The van der Waals surface area contributed by atoms with E-state index >= 15 is 0 Å². The Balaban J connectivity index is 1.44. The highest BCUT2D eigenvalue weighted by atomic mass is 32.2.